The maximum atomic E-state index is 13.4. The summed E-state index contributed by atoms with van der Waals surface area (Å²) >= 11 is 0. The Morgan fingerprint density at radius 1 is 1.26 bits per heavy atom. The number of rotatable bonds is 2. The molecule has 0 aromatic heterocycles. The van der Waals surface area contributed by atoms with Crippen LogP contribution in [-0.2, 0) is 0 Å². The molecular formula is C15H17FN2O. The van der Waals surface area contributed by atoms with Crippen LogP contribution in [0.5, 0.6) is 0 Å². The minimum Gasteiger partial charge on any atom is -0.396 e. The minimum absolute atomic E-state index is 0.0814. The predicted molar refractivity (Wildman–Crippen MR) is 69.9 cm³/mol. The van der Waals surface area contributed by atoms with Gasteiger partial charge in [-0.2, -0.15) is 0 Å². The zero-order valence-electron chi connectivity index (χ0n) is 10.6. The largest absolute Gasteiger partial charge is 0.396 e. The Kier molecular flexibility index (Phi) is 2.20. The molecular weight excluding hydrogens is 243 g/mol. The fraction of sp³-hybridized carbons (Fsp3) is 0.533. The highest BCUT2D eigenvalue weighted by molar-refractivity contribution is 5.95. The number of halogens is 1. The van der Waals surface area contributed by atoms with Crippen LogP contribution in [0.4, 0.5) is 10.1 Å². The van der Waals surface area contributed by atoms with Gasteiger partial charge in [-0.3, -0.25) is 4.79 Å². The van der Waals surface area contributed by atoms with Gasteiger partial charge in [-0.15, -0.1) is 0 Å². The first-order valence-corrected chi connectivity index (χ1v) is 7.01. The highest BCUT2D eigenvalue weighted by atomic mass is 19.1. The number of nitrogens with two attached hydrogens (primary N) is 1. The van der Waals surface area contributed by atoms with Gasteiger partial charge in [-0.05, 0) is 61.1 Å². The van der Waals surface area contributed by atoms with Crippen LogP contribution < -0.4 is 11.1 Å². The van der Waals surface area contributed by atoms with E-state index in [0.29, 0.717) is 23.4 Å². The Balaban J connectivity index is 1.46. The molecule has 100 valence electrons. The molecule has 0 spiro atoms. The number of hydrogen-bond acceptors (Lipinski definition) is 2. The first-order chi connectivity index (χ1) is 9.15. The molecule has 3 saturated carbocycles. The van der Waals surface area contributed by atoms with Gasteiger partial charge in [0, 0.05) is 11.6 Å². The van der Waals surface area contributed by atoms with E-state index < -0.39 is 5.82 Å². The summed E-state index contributed by atoms with van der Waals surface area (Å²) in [6.45, 7) is 0. The van der Waals surface area contributed by atoms with Gasteiger partial charge in [-0.25, -0.2) is 4.39 Å². The second kappa shape index (κ2) is 3.71. The number of anilines is 1. The molecule has 2 bridgehead atoms. The number of nitrogens with one attached hydrogen (secondary N) is 1. The maximum absolute atomic E-state index is 13.4. The molecule has 4 heteroatoms. The number of carbonyl (C=O) groups excluding carboxylic acids is 1. The van der Waals surface area contributed by atoms with Crippen molar-refractivity contribution in [3.63, 3.8) is 0 Å². The first-order valence-electron chi connectivity index (χ1n) is 7.01. The lowest BCUT2D eigenvalue weighted by atomic mass is 10.0. The fourth-order valence-corrected chi connectivity index (χ4v) is 4.42. The Morgan fingerprint density at radius 2 is 1.95 bits per heavy atom. The van der Waals surface area contributed by atoms with Crippen molar-refractivity contribution in [2.45, 2.75) is 25.3 Å². The van der Waals surface area contributed by atoms with Gasteiger partial charge in [0.05, 0.1) is 5.69 Å². The SMILES string of the molecule is Nc1ccc(C(=O)NC2C3C4CCC(C4)C23)cc1F. The van der Waals surface area contributed by atoms with Gasteiger partial charge in [0.15, 0.2) is 0 Å². The minimum atomic E-state index is -0.524. The number of amides is 1. The van der Waals surface area contributed by atoms with Crippen molar-refractivity contribution < 1.29 is 9.18 Å². The van der Waals surface area contributed by atoms with Gasteiger partial charge in [0.1, 0.15) is 5.82 Å². The molecule has 4 unspecified atom stereocenters. The molecule has 0 aliphatic heterocycles. The van der Waals surface area contributed by atoms with E-state index in [1.165, 1.54) is 31.4 Å². The van der Waals surface area contributed by atoms with Gasteiger partial charge in [-0.1, -0.05) is 0 Å². The quantitative estimate of drug-likeness (QED) is 0.801. The van der Waals surface area contributed by atoms with E-state index in [2.05, 4.69) is 5.32 Å². The molecule has 4 rings (SSSR count). The van der Waals surface area contributed by atoms with Crippen molar-refractivity contribution >= 4 is 11.6 Å². The van der Waals surface area contributed by atoms with E-state index in [1.54, 1.807) is 6.07 Å². The van der Waals surface area contributed by atoms with E-state index in [-0.39, 0.29) is 11.6 Å². The molecule has 0 radical (unpaired) electrons. The summed E-state index contributed by atoms with van der Waals surface area (Å²) in [5, 5.41) is 3.07. The predicted octanol–water partition coefficient (Wildman–Crippen LogP) is 2.18. The molecule has 0 saturated heterocycles. The molecule has 3 fully saturated rings. The smallest absolute Gasteiger partial charge is 0.251 e. The molecule has 3 N–H and O–H groups in total. The molecule has 19 heavy (non-hydrogen) atoms. The van der Waals surface area contributed by atoms with Gasteiger partial charge in [0.2, 0.25) is 0 Å². The lowest BCUT2D eigenvalue weighted by molar-refractivity contribution is 0.0944. The number of carbonyl (C=O) groups is 1. The van der Waals surface area contributed by atoms with Crippen LogP contribution in [0.3, 0.4) is 0 Å². The summed E-state index contributed by atoms with van der Waals surface area (Å²) in [7, 11) is 0. The molecule has 3 nitrogen and oxygen atoms in total. The monoisotopic (exact) mass is 260 g/mol. The van der Waals surface area contributed by atoms with Crippen LogP contribution in [0.15, 0.2) is 18.2 Å². The Labute approximate surface area is 111 Å². The third-order valence-corrected chi connectivity index (χ3v) is 5.30. The third kappa shape index (κ3) is 1.58. The van der Waals surface area contributed by atoms with E-state index in [0.717, 1.165) is 11.8 Å². The van der Waals surface area contributed by atoms with Gasteiger partial charge < -0.3 is 11.1 Å². The van der Waals surface area contributed by atoms with Crippen LogP contribution in [0.25, 0.3) is 0 Å². The van der Waals surface area contributed by atoms with Crippen LogP contribution in [-0.4, -0.2) is 11.9 Å². The lowest BCUT2D eigenvalue weighted by Gasteiger charge is -2.11. The summed E-state index contributed by atoms with van der Waals surface area (Å²) in [6.07, 6.45) is 4.02. The van der Waals surface area contributed by atoms with E-state index in [1.807, 2.05) is 0 Å². The maximum Gasteiger partial charge on any atom is 0.251 e. The van der Waals surface area contributed by atoms with Crippen LogP contribution in [0, 0.1) is 29.5 Å². The summed E-state index contributed by atoms with van der Waals surface area (Å²) < 4.78 is 13.4. The van der Waals surface area contributed by atoms with Gasteiger partial charge in [0.25, 0.3) is 5.91 Å². The number of benzene rings is 1. The van der Waals surface area contributed by atoms with Crippen molar-refractivity contribution in [1.29, 1.82) is 0 Å². The normalized spacial score (nSPS) is 38.1. The topological polar surface area (TPSA) is 55.1 Å². The highest BCUT2D eigenvalue weighted by Crippen LogP contribution is 2.65. The van der Waals surface area contributed by atoms with Crippen molar-refractivity contribution in [3.8, 4) is 0 Å². The van der Waals surface area contributed by atoms with E-state index >= 15 is 0 Å². The fourth-order valence-electron chi connectivity index (χ4n) is 4.42. The zero-order chi connectivity index (χ0) is 13.1. The molecule has 3 aliphatic rings. The van der Waals surface area contributed by atoms with Crippen LogP contribution in [0.2, 0.25) is 0 Å². The van der Waals surface area contributed by atoms with Crippen molar-refractivity contribution in [1.82, 2.24) is 5.32 Å². The molecule has 1 aromatic rings. The van der Waals surface area contributed by atoms with Gasteiger partial charge >= 0.3 is 0 Å². The summed E-state index contributed by atoms with van der Waals surface area (Å²) in [5.74, 6) is 2.34. The first kappa shape index (κ1) is 11.3. The second-order valence-electron chi connectivity index (χ2n) is 6.22. The summed E-state index contributed by atoms with van der Waals surface area (Å²) in [4.78, 5) is 12.1. The molecule has 1 aromatic carbocycles. The number of nitrogen functional groups attached to an aromatic ring is 1. The zero-order valence-corrected chi connectivity index (χ0v) is 10.6. The van der Waals surface area contributed by atoms with Crippen LogP contribution in [0.1, 0.15) is 29.6 Å². The average molecular weight is 260 g/mol. The molecule has 0 heterocycles. The summed E-state index contributed by atoms with van der Waals surface area (Å²) in [6, 6.07) is 4.58. The average Bonchev–Trinajstić information content (AvgIpc) is 2.81. The summed E-state index contributed by atoms with van der Waals surface area (Å²) in [5.41, 5.74) is 5.86. The Hall–Kier alpha value is -1.58. The molecule has 3 aliphatic carbocycles. The standard InChI is InChI=1S/C15H17FN2O/c16-10-6-9(3-4-11(10)17)15(19)18-14-12-7-1-2-8(5-7)13(12)14/h3-4,6-8,12-14H,1-2,5,17H2,(H,18,19). The molecule has 4 atom stereocenters. The number of fused-ring (bicyclic) bond motifs is 5. The van der Waals surface area contributed by atoms with E-state index in [9.17, 15) is 9.18 Å². The Morgan fingerprint density at radius 3 is 2.58 bits per heavy atom. The van der Waals surface area contributed by atoms with E-state index in [4.69, 9.17) is 5.73 Å². The lowest BCUT2D eigenvalue weighted by Crippen LogP contribution is -2.30. The van der Waals surface area contributed by atoms with Crippen LogP contribution >= 0.6 is 0 Å². The Bertz CT molecular complexity index is 543. The second-order valence-corrected chi connectivity index (χ2v) is 6.22. The number of hydrogen-bond donors (Lipinski definition) is 2. The third-order valence-electron chi connectivity index (χ3n) is 5.30. The van der Waals surface area contributed by atoms with Crippen molar-refractivity contribution in [2.24, 2.45) is 23.7 Å². The highest BCUT2D eigenvalue weighted by Gasteiger charge is 2.65. The molecule has 1 amide bonds. The van der Waals surface area contributed by atoms with Crippen molar-refractivity contribution in [3.05, 3.63) is 29.6 Å². The van der Waals surface area contributed by atoms with Crippen molar-refractivity contribution in [2.75, 3.05) is 5.73 Å².